The Balaban J connectivity index is 2.17. The average molecular weight is 298 g/mol. The van der Waals surface area contributed by atoms with Crippen molar-refractivity contribution in [3.05, 3.63) is 22.3 Å². The molecule has 0 spiro atoms. The number of halogens is 1. The van der Waals surface area contributed by atoms with Gasteiger partial charge in [-0.3, -0.25) is 4.79 Å². The molecule has 0 saturated carbocycles. The number of pyridine rings is 1. The number of aromatic nitrogens is 1. The predicted molar refractivity (Wildman–Crippen MR) is 70.7 cm³/mol. The number of carbonyl (C=O) groups is 1. The van der Waals surface area contributed by atoms with Crippen LogP contribution in [-0.4, -0.2) is 28.9 Å². The third kappa shape index (κ3) is 2.60. The Morgan fingerprint density at radius 1 is 1.71 bits per heavy atom. The number of carbonyl (C=O) groups excluding carboxylic acids is 1. The average Bonchev–Trinajstić information content (AvgIpc) is 2.80. The molecule has 1 saturated heterocycles. The molecule has 1 aromatic rings. The molecule has 1 amide bonds. The lowest BCUT2D eigenvalue weighted by Crippen LogP contribution is -2.29. The van der Waals surface area contributed by atoms with E-state index in [0.717, 1.165) is 30.4 Å². The third-order valence-electron chi connectivity index (χ3n) is 3.27. The van der Waals surface area contributed by atoms with Crippen molar-refractivity contribution in [1.29, 1.82) is 0 Å². The number of nitrogen functional groups attached to an aromatic ring is 1. The molecular weight excluding hydrogens is 282 g/mol. The normalized spacial score (nSPS) is 19.6. The van der Waals surface area contributed by atoms with E-state index in [1.54, 1.807) is 12.3 Å². The van der Waals surface area contributed by atoms with Crippen molar-refractivity contribution >= 4 is 27.7 Å². The van der Waals surface area contributed by atoms with Crippen molar-refractivity contribution in [2.45, 2.75) is 19.8 Å². The molecular formula is C12H16BrN3O. The summed E-state index contributed by atoms with van der Waals surface area (Å²) in [6.07, 6.45) is 3.81. The van der Waals surface area contributed by atoms with E-state index in [9.17, 15) is 4.79 Å². The zero-order valence-corrected chi connectivity index (χ0v) is 11.4. The van der Waals surface area contributed by atoms with E-state index in [4.69, 9.17) is 5.73 Å². The lowest BCUT2D eigenvalue weighted by Gasteiger charge is -2.17. The Hall–Kier alpha value is -1.10. The number of rotatable bonds is 2. The summed E-state index contributed by atoms with van der Waals surface area (Å²) in [6, 6.07) is 1.74. The lowest BCUT2D eigenvalue weighted by molar-refractivity contribution is 0.0787. The maximum Gasteiger partial charge on any atom is 0.257 e. The van der Waals surface area contributed by atoms with Crippen LogP contribution in [0, 0.1) is 5.92 Å². The van der Waals surface area contributed by atoms with E-state index in [2.05, 4.69) is 27.8 Å². The van der Waals surface area contributed by atoms with E-state index in [1.807, 2.05) is 4.90 Å². The molecule has 92 valence electrons. The van der Waals surface area contributed by atoms with Crippen LogP contribution in [0.2, 0.25) is 0 Å². The second-order valence-corrected chi connectivity index (χ2v) is 5.32. The molecule has 2 rings (SSSR count). The smallest absolute Gasteiger partial charge is 0.257 e. The van der Waals surface area contributed by atoms with Crippen molar-refractivity contribution < 1.29 is 4.79 Å². The first-order chi connectivity index (χ1) is 8.11. The molecule has 0 radical (unpaired) electrons. The first kappa shape index (κ1) is 12.4. The largest absolute Gasteiger partial charge is 0.383 e. The van der Waals surface area contributed by atoms with Gasteiger partial charge >= 0.3 is 0 Å². The van der Waals surface area contributed by atoms with Crippen LogP contribution < -0.4 is 5.73 Å². The summed E-state index contributed by atoms with van der Waals surface area (Å²) in [5.41, 5.74) is 6.24. The summed E-state index contributed by atoms with van der Waals surface area (Å²) >= 11 is 3.31. The van der Waals surface area contributed by atoms with Crippen LogP contribution in [0.5, 0.6) is 0 Å². The quantitative estimate of drug-likeness (QED) is 0.911. The minimum Gasteiger partial charge on any atom is -0.383 e. The standard InChI is InChI=1S/C12H16BrN3O/c1-2-8-3-4-16(7-8)12(17)10-5-9(13)6-15-11(10)14/h5-6,8H,2-4,7H2,1H3,(H2,14,15). The van der Waals surface area contributed by atoms with Crippen LogP contribution in [0.1, 0.15) is 30.1 Å². The summed E-state index contributed by atoms with van der Waals surface area (Å²) in [6.45, 7) is 3.82. The number of nitrogens with two attached hydrogens (primary N) is 1. The minimum absolute atomic E-state index is 0.00718. The van der Waals surface area contributed by atoms with E-state index in [0.29, 0.717) is 17.3 Å². The van der Waals surface area contributed by atoms with E-state index >= 15 is 0 Å². The number of hydrogen-bond donors (Lipinski definition) is 1. The molecule has 2 heterocycles. The van der Waals surface area contributed by atoms with E-state index in [1.165, 1.54) is 0 Å². The molecule has 1 unspecified atom stereocenters. The number of anilines is 1. The molecule has 1 aromatic heterocycles. The first-order valence-electron chi connectivity index (χ1n) is 5.82. The molecule has 1 atom stereocenters. The maximum atomic E-state index is 12.3. The lowest BCUT2D eigenvalue weighted by atomic mass is 10.1. The highest BCUT2D eigenvalue weighted by Gasteiger charge is 2.27. The predicted octanol–water partition coefficient (Wildman–Crippen LogP) is 2.30. The molecule has 4 nitrogen and oxygen atoms in total. The van der Waals surface area contributed by atoms with E-state index in [-0.39, 0.29) is 5.91 Å². The Bertz CT molecular complexity index is 436. The van der Waals surface area contributed by atoms with Gasteiger partial charge in [0.1, 0.15) is 5.82 Å². The third-order valence-corrected chi connectivity index (χ3v) is 3.70. The van der Waals surface area contributed by atoms with Gasteiger partial charge in [0, 0.05) is 23.8 Å². The monoisotopic (exact) mass is 297 g/mol. The van der Waals surface area contributed by atoms with Gasteiger partial charge in [0.2, 0.25) is 0 Å². The molecule has 17 heavy (non-hydrogen) atoms. The number of nitrogens with zero attached hydrogens (tertiary/aromatic N) is 2. The highest BCUT2D eigenvalue weighted by molar-refractivity contribution is 9.10. The fourth-order valence-corrected chi connectivity index (χ4v) is 2.47. The number of amides is 1. The first-order valence-corrected chi connectivity index (χ1v) is 6.61. The van der Waals surface area contributed by atoms with Gasteiger partial charge in [-0.15, -0.1) is 0 Å². The topological polar surface area (TPSA) is 59.2 Å². The molecule has 2 N–H and O–H groups in total. The summed E-state index contributed by atoms with van der Waals surface area (Å²) < 4.78 is 0.779. The summed E-state index contributed by atoms with van der Waals surface area (Å²) in [5, 5.41) is 0. The van der Waals surface area contributed by atoms with E-state index < -0.39 is 0 Å². The molecule has 0 bridgehead atoms. The van der Waals surface area contributed by atoms with Gasteiger partial charge in [0.15, 0.2) is 0 Å². The van der Waals surface area contributed by atoms with Gasteiger partial charge in [-0.25, -0.2) is 4.98 Å². The molecule has 1 aliphatic rings. The fraction of sp³-hybridized carbons (Fsp3) is 0.500. The zero-order valence-electron chi connectivity index (χ0n) is 9.82. The van der Waals surface area contributed by atoms with Gasteiger partial charge in [-0.05, 0) is 34.3 Å². The van der Waals surface area contributed by atoms with Gasteiger partial charge < -0.3 is 10.6 Å². The molecule has 0 aromatic carbocycles. The highest BCUT2D eigenvalue weighted by atomic mass is 79.9. The second kappa shape index (κ2) is 5.04. The second-order valence-electron chi connectivity index (χ2n) is 4.40. The Kier molecular flexibility index (Phi) is 3.66. The van der Waals surface area contributed by atoms with Crippen LogP contribution in [0.25, 0.3) is 0 Å². The van der Waals surface area contributed by atoms with Crippen molar-refractivity contribution in [1.82, 2.24) is 9.88 Å². The Morgan fingerprint density at radius 2 is 2.47 bits per heavy atom. The van der Waals surface area contributed by atoms with Gasteiger partial charge in [-0.1, -0.05) is 13.3 Å². The summed E-state index contributed by atoms with van der Waals surface area (Å²) in [7, 11) is 0. The van der Waals surface area contributed by atoms with Crippen LogP contribution in [0.3, 0.4) is 0 Å². The van der Waals surface area contributed by atoms with Crippen molar-refractivity contribution in [2.24, 2.45) is 5.92 Å². The Morgan fingerprint density at radius 3 is 3.12 bits per heavy atom. The number of likely N-dealkylation sites (tertiary alicyclic amines) is 1. The van der Waals surface area contributed by atoms with Crippen LogP contribution in [0.15, 0.2) is 16.7 Å². The van der Waals surface area contributed by atoms with Gasteiger partial charge in [0.05, 0.1) is 5.56 Å². The van der Waals surface area contributed by atoms with Crippen LogP contribution >= 0.6 is 15.9 Å². The molecule has 1 fully saturated rings. The summed E-state index contributed by atoms with van der Waals surface area (Å²) in [5.74, 6) is 0.922. The zero-order chi connectivity index (χ0) is 12.4. The maximum absolute atomic E-state index is 12.3. The van der Waals surface area contributed by atoms with Crippen molar-refractivity contribution in [3.63, 3.8) is 0 Å². The molecule has 5 heteroatoms. The van der Waals surface area contributed by atoms with Crippen molar-refractivity contribution in [3.8, 4) is 0 Å². The minimum atomic E-state index is -0.00718. The highest BCUT2D eigenvalue weighted by Crippen LogP contribution is 2.23. The van der Waals surface area contributed by atoms with Crippen LogP contribution in [-0.2, 0) is 0 Å². The van der Waals surface area contributed by atoms with Crippen LogP contribution in [0.4, 0.5) is 5.82 Å². The molecule has 1 aliphatic heterocycles. The van der Waals surface area contributed by atoms with Gasteiger partial charge in [0.25, 0.3) is 5.91 Å². The number of hydrogen-bond acceptors (Lipinski definition) is 3. The molecule has 0 aliphatic carbocycles. The SMILES string of the molecule is CCC1CCN(C(=O)c2cc(Br)cnc2N)C1. The Labute approximate surface area is 109 Å². The van der Waals surface area contributed by atoms with Crippen molar-refractivity contribution in [2.75, 3.05) is 18.8 Å². The van der Waals surface area contributed by atoms with Gasteiger partial charge in [-0.2, -0.15) is 0 Å². The fourth-order valence-electron chi connectivity index (χ4n) is 2.14. The summed E-state index contributed by atoms with van der Waals surface area (Å²) in [4.78, 5) is 18.1.